The molecule has 0 radical (unpaired) electrons. The van der Waals surface area contributed by atoms with Gasteiger partial charge in [0, 0.05) is 22.7 Å². The van der Waals surface area contributed by atoms with Gasteiger partial charge in [0.2, 0.25) is 5.91 Å². The minimum absolute atomic E-state index is 0.0882. The van der Waals surface area contributed by atoms with Crippen LogP contribution in [0.1, 0.15) is 38.6 Å². The van der Waals surface area contributed by atoms with Crippen molar-refractivity contribution in [3.8, 4) is 11.3 Å². The number of alkyl carbamates (subject to hydrolysis) is 1. The van der Waals surface area contributed by atoms with E-state index >= 15 is 0 Å². The van der Waals surface area contributed by atoms with Crippen molar-refractivity contribution in [3.63, 3.8) is 0 Å². The quantitative estimate of drug-likeness (QED) is 0.240. The highest BCUT2D eigenvalue weighted by molar-refractivity contribution is 14.1. The number of amides is 2. The van der Waals surface area contributed by atoms with Crippen LogP contribution in [0.2, 0.25) is 0 Å². The second-order valence-electron chi connectivity index (χ2n) is 7.57. The number of H-pyrrole nitrogens is 1. The Morgan fingerprint density at radius 1 is 1.39 bits per heavy atom. The number of benzene rings is 1. The van der Waals surface area contributed by atoms with Gasteiger partial charge in [-0.3, -0.25) is 4.79 Å². The first kappa shape index (κ1) is 22.9. The van der Waals surface area contributed by atoms with Crippen LogP contribution in [0.25, 0.3) is 21.7 Å². The first-order chi connectivity index (χ1) is 14.8. The summed E-state index contributed by atoms with van der Waals surface area (Å²) in [6.45, 7) is 4.37. The van der Waals surface area contributed by atoms with E-state index < -0.39 is 12.1 Å². The minimum atomic E-state index is -0.671. The van der Waals surface area contributed by atoms with Gasteiger partial charge in [-0.25, -0.2) is 9.78 Å². The third-order valence-electron chi connectivity index (χ3n) is 5.22. The molecule has 2 heterocycles. The highest BCUT2D eigenvalue weighted by Crippen LogP contribution is 2.34. The summed E-state index contributed by atoms with van der Waals surface area (Å²) in [7, 11) is 1.28. The molecule has 1 aromatic carbocycles. The first-order valence-corrected chi connectivity index (χ1v) is 11.0. The molecule has 0 bridgehead atoms. The maximum Gasteiger partial charge on any atom is 0.407 e. The second kappa shape index (κ2) is 10.0. The van der Waals surface area contributed by atoms with E-state index in [1.165, 1.54) is 7.11 Å². The average Bonchev–Trinajstić information content (AvgIpc) is 3.38. The number of ether oxygens (including phenoxy) is 1. The number of aromatic nitrogens is 2. The smallest absolute Gasteiger partial charge is 0.407 e. The summed E-state index contributed by atoms with van der Waals surface area (Å²) in [6.07, 6.45) is 1.02. The largest absolute Gasteiger partial charge is 0.453 e. The van der Waals surface area contributed by atoms with Gasteiger partial charge >= 0.3 is 6.09 Å². The lowest BCUT2D eigenvalue weighted by molar-refractivity contribution is -0.135. The molecule has 11 heteroatoms. The Balaban J connectivity index is 1.85. The van der Waals surface area contributed by atoms with Crippen molar-refractivity contribution in [2.45, 2.75) is 38.8 Å². The molecule has 3 rings (SSSR count). The Labute approximate surface area is 193 Å². The number of carbonyl (C=O) groups is 2. The van der Waals surface area contributed by atoms with Crippen molar-refractivity contribution >= 4 is 40.3 Å². The number of halogens is 1. The SMILES string of the molecule is COC(=O)N[C@H](C(=O)N1CCC[C@H]1c1nc(-c2ccc(N=[N+]=[N-])cc2)c(I)[nH]1)C(C)C. The van der Waals surface area contributed by atoms with E-state index in [1.54, 1.807) is 17.0 Å². The van der Waals surface area contributed by atoms with Gasteiger partial charge in [0.25, 0.3) is 0 Å². The normalized spacial score (nSPS) is 16.7. The molecular formula is C20H24IN7O3. The van der Waals surface area contributed by atoms with Crippen LogP contribution in [0, 0.1) is 9.62 Å². The number of hydrogen-bond acceptors (Lipinski definition) is 5. The van der Waals surface area contributed by atoms with Gasteiger partial charge in [-0.15, -0.1) is 0 Å². The van der Waals surface area contributed by atoms with Gasteiger partial charge in [0.05, 0.1) is 13.2 Å². The summed E-state index contributed by atoms with van der Waals surface area (Å²) in [6, 6.07) is 6.29. The third-order valence-corrected chi connectivity index (χ3v) is 6.00. The zero-order valence-electron chi connectivity index (χ0n) is 17.5. The van der Waals surface area contributed by atoms with Crippen LogP contribution >= 0.6 is 22.6 Å². The summed E-state index contributed by atoms with van der Waals surface area (Å²) in [5.41, 5.74) is 10.7. The van der Waals surface area contributed by atoms with Crippen LogP contribution < -0.4 is 5.32 Å². The van der Waals surface area contributed by atoms with Gasteiger partial charge in [-0.05, 0) is 46.9 Å². The number of hydrogen-bond donors (Lipinski definition) is 2. The molecule has 2 N–H and O–H groups in total. The second-order valence-corrected chi connectivity index (χ2v) is 8.65. The summed E-state index contributed by atoms with van der Waals surface area (Å²) >= 11 is 2.19. The Bertz CT molecular complexity index is 999. The van der Waals surface area contributed by atoms with Gasteiger partial charge in [-0.2, -0.15) is 0 Å². The van der Waals surface area contributed by atoms with E-state index in [-0.39, 0.29) is 17.9 Å². The number of aromatic amines is 1. The molecule has 10 nitrogen and oxygen atoms in total. The molecular weight excluding hydrogens is 513 g/mol. The third kappa shape index (κ3) is 5.10. The van der Waals surface area contributed by atoms with Crippen molar-refractivity contribution in [1.29, 1.82) is 0 Å². The van der Waals surface area contributed by atoms with Crippen LogP contribution in [0.15, 0.2) is 29.4 Å². The molecule has 0 unspecified atom stereocenters. The van der Waals surface area contributed by atoms with Crippen LogP contribution in [0.3, 0.4) is 0 Å². The summed E-state index contributed by atoms with van der Waals surface area (Å²) in [5, 5.41) is 6.24. The number of rotatable bonds is 6. The van der Waals surface area contributed by atoms with E-state index in [0.717, 1.165) is 27.8 Å². The zero-order chi connectivity index (χ0) is 22.5. The van der Waals surface area contributed by atoms with Crippen LogP contribution in [-0.4, -0.2) is 46.6 Å². The molecule has 1 aromatic heterocycles. The minimum Gasteiger partial charge on any atom is -0.453 e. The topological polar surface area (TPSA) is 136 Å². The van der Waals surface area contributed by atoms with Crippen molar-refractivity contribution in [3.05, 3.63) is 44.2 Å². The molecule has 0 spiro atoms. The molecule has 1 aliphatic rings. The van der Waals surface area contributed by atoms with Crippen molar-refractivity contribution in [1.82, 2.24) is 20.2 Å². The van der Waals surface area contributed by atoms with Gasteiger partial charge in [-0.1, -0.05) is 43.2 Å². The lowest BCUT2D eigenvalue weighted by atomic mass is 10.0. The molecule has 2 aromatic rings. The fourth-order valence-corrected chi connectivity index (χ4v) is 4.36. The molecule has 164 valence electrons. The number of likely N-dealkylation sites (tertiary alicyclic amines) is 1. The van der Waals surface area contributed by atoms with Gasteiger partial charge < -0.3 is 19.9 Å². The lowest BCUT2D eigenvalue weighted by Crippen LogP contribution is -2.51. The van der Waals surface area contributed by atoms with Crippen molar-refractivity contribution in [2.75, 3.05) is 13.7 Å². The molecule has 1 aliphatic heterocycles. The number of carbonyl (C=O) groups excluding carboxylic acids is 2. The Morgan fingerprint density at radius 2 is 2.10 bits per heavy atom. The highest BCUT2D eigenvalue weighted by Gasteiger charge is 2.37. The van der Waals surface area contributed by atoms with Crippen LogP contribution in [-0.2, 0) is 9.53 Å². The fourth-order valence-electron chi connectivity index (χ4n) is 3.65. The van der Waals surface area contributed by atoms with Gasteiger partial charge in [0.1, 0.15) is 21.3 Å². The number of nitrogens with zero attached hydrogens (tertiary/aromatic N) is 5. The Morgan fingerprint density at radius 3 is 2.71 bits per heavy atom. The summed E-state index contributed by atoms with van der Waals surface area (Å²) in [5.74, 6) is 0.481. The van der Waals surface area contributed by atoms with Crippen molar-refractivity contribution < 1.29 is 14.3 Å². The maximum atomic E-state index is 13.3. The Hall–Kier alpha value is -2.79. The number of nitrogens with one attached hydrogen (secondary N) is 2. The van der Waals surface area contributed by atoms with Crippen LogP contribution in [0.4, 0.5) is 10.5 Å². The zero-order valence-corrected chi connectivity index (χ0v) is 19.7. The molecule has 0 saturated carbocycles. The standard InChI is InChI=1S/C20H24IN7O3/c1-11(2)15(24-20(30)31-3)19(29)28-10-4-5-14(28)18-23-16(17(21)25-18)12-6-8-13(9-7-12)26-27-22/h6-9,11,14-15H,4-5,10H2,1-3H3,(H,23,25)(H,24,30)/t14-,15-/m0/s1. The predicted octanol–water partition coefficient (Wildman–Crippen LogP) is 4.67. The average molecular weight is 537 g/mol. The number of imidazole rings is 1. The summed E-state index contributed by atoms with van der Waals surface area (Å²) in [4.78, 5) is 37.6. The van der Waals surface area contributed by atoms with Gasteiger partial charge in [0.15, 0.2) is 0 Å². The predicted molar refractivity (Wildman–Crippen MR) is 123 cm³/mol. The molecule has 31 heavy (non-hydrogen) atoms. The van der Waals surface area contributed by atoms with E-state index in [1.807, 2.05) is 26.0 Å². The molecule has 2 amide bonds. The lowest BCUT2D eigenvalue weighted by Gasteiger charge is -2.29. The first-order valence-electron chi connectivity index (χ1n) is 9.91. The molecule has 1 saturated heterocycles. The van der Waals surface area contributed by atoms with E-state index in [2.05, 4.69) is 47.7 Å². The van der Waals surface area contributed by atoms with E-state index in [4.69, 9.17) is 10.5 Å². The Kier molecular flexibility index (Phi) is 7.39. The molecule has 2 atom stereocenters. The molecule has 1 fully saturated rings. The van der Waals surface area contributed by atoms with E-state index in [9.17, 15) is 9.59 Å². The number of azide groups is 1. The summed E-state index contributed by atoms with van der Waals surface area (Å²) < 4.78 is 5.54. The highest BCUT2D eigenvalue weighted by atomic mass is 127. The number of methoxy groups -OCH3 is 1. The fraction of sp³-hybridized carbons (Fsp3) is 0.450. The monoisotopic (exact) mass is 537 g/mol. The molecule has 0 aliphatic carbocycles. The van der Waals surface area contributed by atoms with Crippen molar-refractivity contribution in [2.24, 2.45) is 11.0 Å². The maximum absolute atomic E-state index is 13.3. The van der Waals surface area contributed by atoms with Crippen LogP contribution in [0.5, 0.6) is 0 Å². The van der Waals surface area contributed by atoms with E-state index in [0.29, 0.717) is 18.1 Å².